The zero-order chi connectivity index (χ0) is 28.6. The molecule has 0 bridgehead atoms. The van der Waals surface area contributed by atoms with Gasteiger partial charge < -0.3 is 17.1 Å². The number of fused-ring (bicyclic) bond motifs is 1. The summed E-state index contributed by atoms with van der Waals surface area (Å²) in [5, 5.41) is 16.1. The number of H-pyrrole nitrogens is 1. The number of hydrogen-bond donors (Lipinski definition) is 1. The van der Waals surface area contributed by atoms with E-state index in [9.17, 15) is 28.0 Å². The number of esters is 1. The first kappa shape index (κ1) is 29.1. The van der Waals surface area contributed by atoms with Crippen LogP contribution in [0, 0.1) is 11.3 Å². The van der Waals surface area contributed by atoms with Crippen molar-refractivity contribution in [2.24, 2.45) is 0 Å². The lowest BCUT2D eigenvalue weighted by molar-refractivity contribution is -0.688. The molecule has 1 atom stereocenters. The van der Waals surface area contributed by atoms with Gasteiger partial charge in [-0.1, -0.05) is 18.2 Å². The minimum Gasteiger partial charge on any atom is -1.00 e. The van der Waals surface area contributed by atoms with Gasteiger partial charge in [-0.15, -0.1) is 5.10 Å². The predicted octanol–water partition coefficient (Wildman–Crippen LogP) is 0.990. The first-order valence-corrected chi connectivity index (χ1v) is 12.0. The zero-order valence-corrected chi connectivity index (χ0v) is 22.4. The SMILES string of the molecule is COC(=O)C1=C(C)N(c2cccc(C(F)(F)F)c2)c2n[nH]c(=O)n2C1c1ccc(C#N)cc1C[n+]1ccccc1.[Cl-]. The number of alkyl halides is 3. The molecule has 1 unspecified atom stereocenters. The number of nitriles is 1. The van der Waals surface area contributed by atoms with Gasteiger partial charge >= 0.3 is 17.8 Å². The monoisotopic (exact) mass is 582 g/mol. The molecule has 0 amide bonds. The normalized spacial score (nSPS) is 14.6. The van der Waals surface area contributed by atoms with Crippen LogP contribution < -0.4 is 27.6 Å². The second kappa shape index (κ2) is 11.3. The molecule has 0 radical (unpaired) electrons. The number of benzene rings is 2. The Morgan fingerprint density at radius 3 is 2.54 bits per heavy atom. The minimum atomic E-state index is -4.62. The van der Waals surface area contributed by atoms with Crippen molar-refractivity contribution in [3.8, 4) is 6.07 Å². The molecule has 1 aliphatic rings. The number of carbonyl (C=O) groups excluding carboxylic acids is 1. The highest BCUT2D eigenvalue weighted by Gasteiger charge is 2.41. The number of carbonyl (C=O) groups is 1. The predicted molar refractivity (Wildman–Crippen MR) is 136 cm³/mol. The van der Waals surface area contributed by atoms with Crippen LogP contribution in [0.3, 0.4) is 0 Å². The highest BCUT2D eigenvalue weighted by molar-refractivity contribution is 5.93. The summed E-state index contributed by atoms with van der Waals surface area (Å²) in [5.41, 5.74) is 0.241. The molecule has 9 nitrogen and oxygen atoms in total. The van der Waals surface area contributed by atoms with Crippen molar-refractivity contribution in [1.82, 2.24) is 14.8 Å². The molecule has 0 fully saturated rings. The van der Waals surface area contributed by atoms with Gasteiger partial charge in [-0.2, -0.15) is 18.4 Å². The van der Waals surface area contributed by atoms with Crippen molar-refractivity contribution in [3.63, 3.8) is 0 Å². The van der Waals surface area contributed by atoms with Crippen LogP contribution in [0.1, 0.15) is 35.2 Å². The summed E-state index contributed by atoms with van der Waals surface area (Å²) in [6.07, 6.45) is -0.956. The largest absolute Gasteiger partial charge is 1.00 e. The molecule has 4 aromatic rings. The molecule has 3 heterocycles. The lowest BCUT2D eigenvalue weighted by atomic mass is 9.90. The molecule has 2 aromatic heterocycles. The topological polar surface area (TPSA) is 108 Å². The number of nitrogens with zero attached hydrogens (tertiary/aromatic N) is 5. The third-order valence-electron chi connectivity index (χ3n) is 6.68. The molecule has 2 aromatic carbocycles. The van der Waals surface area contributed by atoms with Crippen LogP contribution in [0.5, 0.6) is 0 Å². The van der Waals surface area contributed by atoms with E-state index in [0.717, 1.165) is 12.1 Å². The summed E-state index contributed by atoms with van der Waals surface area (Å²) in [6, 6.07) is 16.0. The third-order valence-corrected chi connectivity index (χ3v) is 6.68. The summed E-state index contributed by atoms with van der Waals surface area (Å²) in [5.74, 6) is -0.789. The molecule has 1 aliphatic heterocycles. The average Bonchev–Trinajstić information content (AvgIpc) is 3.32. The number of allylic oxidation sites excluding steroid dienone is 1. The van der Waals surface area contributed by atoms with Crippen molar-refractivity contribution >= 4 is 17.6 Å². The first-order valence-electron chi connectivity index (χ1n) is 12.0. The number of nitrogens with one attached hydrogen (secondary N) is 1. The van der Waals surface area contributed by atoms with E-state index in [1.807, 2.05) is 35.2 Å². The number of anilines is 2. The van der Waals surface area contributed by atoms with Gasteiger partial charge in [0.2, 0.25) is 5.95 Å². The maximum atomic E-state index is 13.6. The van der Waals surface area contributed by atoms with Gasteiger partial charge in [0.1, 0.15) is 6.04 Å². The molecule has 0 spiro atoms. The Morgan fingerprint density at radius 1 is 1.15 bits per heavy atom. The van der Waals surface area contributed by atoms with E-state index < -0.39 is 29.4 Å². The fourth-order valence-corrected chi connectivity index (χ4v) is 4.89. The van der Waals surface area contributed by atoms with E-state index in [4.69, 9.17) is 4.74 Å². The number of aromatic nitrogens is 4. The number of halogens is 4. The van der Waals surface area contributed by atoms with Gasteiger partial charge in [-0.05, 0) is 42.8 Å². The summed E-state index contributed by atoms with van der Waals surface area (Å²) in [7, 11) is 1.18. The van der Waals surface area contributed by atoms with Gasteiger partial charge in [0.25, 0.3) is 0 Å². The Labute approximate surface area is 238 Å². The summed E-state index contributed by atoms with van der Waals surface area (Å²) in [6.45, 7) is 1.85. The fourth-order valence-electron chi connectivity index (χ4n) is 4.89. The van der Waals surface area contributed by atoms with Crippen LogP contribution in [0.2, 0.25) is 0 Å². The van der Waals surface area contributed by atoms with Crippen LogP contribution in [0.4, 0.5) is 24.8 Å². The first-order chi connectivity index (χ1) is 19.1. The van der Waals surface area contributed by atoms with Gasteiger partial charge in [-0.25, -0.2) is 23.8 Å². The minimum absolute atomic E-state index is 0. The maximum Gasteiger partial charge on any atom is 0.416 e. The van der Waals surface area contributed by atoms with Crippen LogP contribution in [-0.4, -0.2) is 27.8 Å². The highest BCUT2D eigenvalue weighted by atomic mass is 35.5. The van der Waals surface area contributed by atoms with Crippen LogP contribution in [-0.2, 0) is 22.3 Å². The summed E-state index contributed by atoms with van der Waals surface area (Å²) < 4.78 is 48.8. The Bertz CT molecular complexity index is 1740. The standard InChI is InChI=1S/C28H21F3N6O3.ClH/c1-17-23(25(38)40-2)24(22-10-9-18(15-32)13-19(22)16-35-11-4-3-5-12-35)37-26(33-34-27(37)39)36(17)21-8-6-7-20(14-21)28(29,30)31;/h3-14,24H,16H2,1-2H3;1H. The van der Waals surface area contributed by atoms with Crippen LogP contribution >= 0.6 is 0 Å². The second-order valence-electron chi connectivity index (χ2n) is 9.05. The van der Waals surface area contributed by atoms with E-state index >= 15 is 0 Å². The van der Waals surface area contributed by atoms with Crippen molar-refractivity contribution < 1.29 is 39.7 Å². The van der Waals surface area contributed by atoms with Crippen molar-refractivity contribution in [2.75, 3.05) is 12.0 Å². The molecule has 13 heteroatoms. The second-order valence-corrected chi connectivity index (χ2v) is 9.05. The fraction of sp³-hybridized carbons (Fsp3) is 0.179. The van der Waals surface area contributed by atoms with Crippen molar-refractivity contribution in [3.05, 3.63) is 117 Å². The number of rotatable bonds is 5. The molecular formula is C28H22ClF3N6O3. The van der Waals surface area contributed by atoms with E-state index in [1.54, 1.807) is 25.1 Å². The number of pyridine rings is 1. The quantitative estimate of drug-likeness (QED) is 0.278. The van der Waals surface area contributed by atoms with Crippen molar-refractivity contribution in [2.45, 2.75) is 25.7 Å². The Balaban J connectivity index is 0.00000387. The van der Waals surface area contributed by atoms with Gasteiger partial charge in [0.15, 0.2) is 18.9 Å². The number of hydrogen-bond acceptors (Lipinski definition) is 6. The molecule has 210 valence electrons. The number of ether oxygens (including phenoxy) is 1. The van der Waals surface area contributed by atoms with Gasteiger partial charge in [0, 0.05) is 29.1 Å². The maximum absolute atomic E-state index is 13.6. The average molecular weight is 583 g/mol. The Hall–Kier alpha value is -4.89. The molecule has 41 heavy (non-hydrogen) atoms. The molecule has 0 saturated heterocycles. The van der Waals surface area contributed by atoms with E-state index in [2.05, 4.69) is 16.3 Å². The molecular weight excluding hydrogens is 561 g/mol. The number of aromatic amines is 1. The van der Waals surface area contributed by atoms with E-state index in [0.29, 0.717) is 23.2 Å². The number of methoxy groups -OCH3 is 1. The molecule has 5 rings (SSSR count). The van der Waals surface area contributed by atoms with E-state index in [1.165, 1.54) is 28.7 Å². The van der Waals surface area contributed by atoms with E-state index in [-0.39, 0.29) is 35.3 Å². The summed E-state index contributed by atoms with van der Waals surface area (Å²) >= 11 is 0. The van der Waals surface area contributed by atoms with Crippen LogP contribution in [0.15, 0.2) is 89.1 Å². The Morgan fingerprint density at radius 2 is 1.88 bits per heavy atom. The third kappa shape index (κ3) is 5.31. The lowest BCUT2D eigenvalue weighted by Crippen LogP contribution is -3.00. The molecule has 1 N–H and O–H groups in total. The van der Waals surface area contributed by atoms with Gasteiger partial charge in [0.05, 0.1) is 29.9 Å². The van der Waals surface area contributed by atoms with Crippen molar-refractivity contribution in [1.29, 1.82) is 5.26 Å². The Kier molecular flexibility index (Phi) is 8.02. The van der Waals surface area contributed by atoms with Crippen LogP contribution in [0.25, 0.3) is 0 Å². The highest BCUT2D eigenvalue weighted by Crippen LogP contribution is 2.43. The molecule has 0 saturated carbocycles. The molecule has 0 aliphatic carbocycles. The zero-order valence-electron chi connectivity index (χ0n) is 21.7. The van der Waals surface area contributed by atoms with Gasteiger partial charge in [-0.3, -0.25) is 4.90 Å². The smallest absolute Gasteiger partial charge is 0.416 e. The lowest BCUT2D eigenvalue weighted by Gasteiger charge is -2.36. The summed E-state index contributed by atoms with van der Waals surface area (Å²) in [4.78, 5) is 27.8.